The highest BCUT2D eigenvalue weighted by molar-refractivity contribution is 9.11. The van der Waals surface area contributed by atoms with Gasteiger partial charge in [-0.1, -0.05) is 0 Å². The van der Waals surface area contributed by atoms with Crippen molar-refractivity contribution in [3.63, 3.8) is 0 Å². The van der Waals surface area contributed by atoms with E-state index in [2.05, 4.69) is 36.8 Å². The third-order valence-electron chi connectivity index (χ3n) is 2.58. The van der Waals surface area contributed by atoms with Gasteiger partial charge in [-0.25, -0.2) is 4.98 Å². The summed E-state index contributed by atoms with van der Waals surface area (Å²) in [5.74, 6) is 1.71. The standard InChI is InChI=1S/C13H12Br2N2O2/c1-7-3-4-17-13(12(7)16)19-11-6-8(14)10(18-2)5-9(11)15/h3-6H,16H2,1-2H3. The van der Waals surface area contributed by atoms with Crippen LogP contribution >= 0.6 is 31.9 Å². The molecule has 1 aromatic heterocycles. The minimum Gasteiger partial charge on any atom is -0.496 e. The van der Waals surface area contributed by atoms with E-state index in [-0.39, 0.29) is 0 Å². The molecule has 0 amide bonds. The van der Waals surface area contributed by atoms with Crippen molar-refractivity contribution in [2.24, 2.45) is 0 Å². The summed E-state index contributed by atoms with van der Waals surface area (Å²) in [4.78, 5) is 4.13. The fourth-order valence-electron chi connectivity index (χ4n) is 1.48. The Labute approximate surface area is 128 Å². The molecule has 1 aromatic carbocycles. The molecule has 6 heteroatoms. The first kappa shape index (κ1) is 14.1. The zero-order chi connectivity index (χ0) is 14.0. The zero-order valence-electron chi connectivity index (χ0n) is 10.4. The number of pyridine rings is 1. The van der Waals surface area contributed by atoms with Crippen LogP contribution in [0.5, 0.6) is 17.4 Å². The maximum Gasteiger partial charge on any atom is 0.242 e. The van der Waals surface area contributed by atoms with Gasteiger partial charge in [0.15, 0.2) is 0 Å². The molecule has 0 aliphatic carbocycles. The van der Waals surface area contributed by atoms with Gasteiger partial charge >= 0.3 is 0 Å². The van der Waals surface area contributed by atoms with E-state index in [0.717, 1.165) is 14.5 Å². The van der Waals surface area contributed by atoms with Gasteiger partial charge in [-0.05, 0) is 62.5 Å². The Bertz CT molecular complexity index is 618. The average molecular weight is 388 g/mol. The lowest BCUT2D eigenvalue weighted by Gasteiger charge is -2.12. The van der Waals surface area contributed by atoms with Crippen LogP contribution in [0.3, 0.4) is 0 Å². The number of benzene rings is 1. The first-order valence-electron chi connectivity index (χ1n) is 5.45. The number of hydrogen-bond acceptors (Lipinski definition) is 4. The van der Waals surface area contributed by atoms with E-state index in [1.165, 1.54) is 0 Å². The van der Waals surface area contributed by atoms with Crippen LogP contribution in [-0.4, -0.2) is 12.1 Å². The average Bonchev–Trinajstić information content (AvgIpc) is 2.38. The van der Waals surface area contributed by atoms with Crippen molar-refractivity contribution in [3.05, 3.63) is 38.9 Å². The van der Waals surface area contributed by atoms with E-state index in [1.807, 2.05) is 19.1 Å². The van der Waals surface area contributed by atoms with E-state index in [4.69, 9.17) is 15.2 Å². The summed E-state index contributed by atoms with van der Waals surface area (Å²) in [6.45, 7) is 1.91. The molecule has 4 nitrogen and oxygen atoms in total. The van der Waals surface area contributed by atoms with Crippen LogP contribution in [0.4, 0.5) is 5.69 Å². The van der Waals surface area contributed by atoms with E-state index < -0.39 is 0 Å². The molecule has 0 spiro atoms. The number of hydrogen-bond donors (Lipinski definition) is 1. The molecule has 2 aromatic rings. The van der Waals surface area contributed by atoms with Crippen molar-refractivity contribution >= 4 is 37.5 Å². The first-order valence-corrected chi connectivity index (χ1v) is 7.03. The number of aromatic nitrogens is 1. The van der Waals surface area contributed by atoms with Gasteiger partial charge < -0.3 is 15.2 Å². The topological polar surface area (TPSA) is 57.4 Å². The van der Waals surface area contributed by atoms with Crippen LogP contribution in [0.15, 0.2) is 33.3 Å². The van der Waals surface area contributed by atoms with Crippen LogP contribution in [0.2, 0.25) is 0 Å². The van der Waals surface area contributed by atoms with E-state index >= 15 is 0 Å². The molecule has 0 radical (unpaired) electrons. The van der Waals surface area contributed by atoms with Crippen molar-refractivity contribution in [1.82, 2.24) is 4.98 Å². The molecular formula is C13H12Br2N2O2. The van der Waals surface area contributed by atoms with Gasteiger partial charge in [-0.15, -0.1) is 0 Å². The zero-order valence-corrected chi connectivity index (χ0v) is 13.6. The second kappa shape index (κ2) is 5.79. The third-order valence-corrected chi connectivity index (χ3v) is 3.82. The fraction of sp³-hybridized carbons (Fsp3) is 0.154. The molecule has 2 rings (SSSR count). The lowest BCUT2D eigenvalue weighted by molar-refractivity contribution is 0.408. The number of halogens is 2. The van der Waals surface area contributed by atoms with E-state index in [0.29, 0.717) is 23.1 Å². The molecule has 0 aliphatic rings. The quantitative estimate of drug-likeness (QED) is 0.852. The van der Waals surface area contributed by atoms with Gasteiger partial charge in [0, 0.05) is 6.20 Å². The molecule has 2 N–H and O–H groups in total. The summed E-state index contributed by atoms with van der Waals surface area (Å²) < 4.78 is 12.5. The second-order valence-electron chi connectivity index (χ2n) is 3.87. The van der Waals surface area contributed by atoms with Crippen LogP contribution in [0, 0.1) is 6.92 Å². The van der Waals surface area contributed by atoms with Crippen molar-refractivity contribution in [2.75, 3.05) is 12.8 Å². The first-order chi connectivity index (χ1) is 9.02. The molecular weight excluding hydrogens is 376 g/mol. The lowest BCUT2D eigenvalue weighted by atomic mass is 10.2. The molecule has 0 atom stereocenters. The number of rotatable bonds is 3. The minimum atomic E-state index is 0.387. The largest absolute Gasteiger partial charge is 0.496 e. The number of nitrogens with two attached hydrogens (primary N) is 1. The molecule has 100 valence electrons. The molecule has 0 bridgehead atoms. The summed E-state index contributed by atoms with van der Waals surface area (Å²) in [5.41, 5.74) is 7.39. The van der Waals surface area contributed by atoms with Crippen molar-refractivity contribution in [1.29, 1.82) is 0 Å². The highest BCUT2D eigenvalue weighted by Crippen LogP contribution is 2.38. The summed E-state index contributed by atoms with van der Waals surface area (Å²) in [5, 5.41) is 0. The number of methoxy groups -OCH3 is 1. The van der Waals surface area contributed by atoms with Crippen molar-refractivity contribution < 1.29 is 9.47 Å². The van der Waals surface area contributed by atoms with Gasteiger partial charge in [0.05, 0.1) is 21.7 Å². The van der Waals surface area contributed by atoms with E-state index in [9.17, 15) is 0 Å². The molecule has 0 saturated carbocycles. The van der Waals surface area contributed by atoms with Crippen LogP contribution < -0.4 is 15.2 Å². The van der Waals surface area contributed by atoms with Gasteiger partial charge in [0.1, 0.15) is 11.5 Å². The van der Waals surface area contributed by atoms with Gasteiger partial charge in [0.2, 0.25) is 5.88 Å². The Kier molecular flexibility index (Phi) is 4.31. The number of ether oxygens (including phenoxy) is 2. The SMILES string of the molecule is COc1cc(Br)c(Oc2nccc(C)c2N)cc1Br. The number of anilines is 1. The Morgan fingerprint density at radius 1 is 1.16 bits per heavy atom. The molecule has 0 unspecified atom stereocenters. The van der Waals surface area contributed by atoms with Gasteiger partial charge in [-0.2, -0.15) is 0 Å². The second-order valence-corrected chi connectivity index (χ2v) is 5.57. The minimum absolute atomic E-state index is 0.387. The number of nitrogen functional groups attached to an aromatic ring is 1. The Balaban J connectivity index is 2.38. The number of aryl methyl sites for hydroxylation is 1. The lowest BCUT2D eigenvalue weighted by Crippen LogP contribution is -1.98. The normalized spacial score (nSPS) is 10.3. The van der Waals surface area contributed by atoms with E-state index in [1.54, 1.807) is 19.4 Å². The van der Waals surface area contributed by atoms with Gasteiger partial charge in [0.25, 0.3) is 0 Å². The fourth-order valence-corrected chi connectivity index (χ4v) is 2.36. The summed E-state index contributed by atoms with van der Waals surface area (Å²) >= 11 is 6.84. The highest BCUT2D eigenvalue weighted by Gasteiger charge is 2.12. The predicted octanol–water partition coefficient (Wildman–Crippen LogP) is 4.30. The molecule has 1 heterocycles. The highest BCUT2D eigenvalue weighted by atomic mass is 79.9. The Morgan fingerprint density at radius 3 is 2.47 bits per heavy atom. The Morgan fingerprint density at radius 2 is 1.79 bits per heavy atom. The summed E-state index contributed by atoms with van der Waals surface area (Å²) in [6.07, 6.45) is 1.66. The molecule has 19 heavy (non-hydrogen) atoms. The maximum atomic E-state index is 5.94. The smallest absolute Gasteiger partial charge is 0.242 e. The van der Waals surface area contributed by atoms with Gasteiger partial charge in [-0.3, -0.25) is 0 Å². The van der Waals surface area contributed by atoms with Crippen LogP contribution in [0.25, 0.3) is 0 Å². The van der Waals surface area contributed by atoms with Crippen molar-refractivity contribution in [3.8, 4) is 17.4 Å². The summed E-state index contributed by atoms with van der Waals surface area (Å²) in [6, 6.07) is 5.44. The molecule has 0 saturated heterocycles. The Hall–Kier alpha value is -1.27. The number of nitrogens with zero attached hydrogens (tertiary/aromatic N) is 1. The maximum absolute atomic E-state index is 5.94. The molecule has 0 aliphatic heterocycles. The third kappa shape index (κ3) is 3.01. The van der Waals surface area contributed by atoms with Crippen molar-refractivity contribution in [2.45, 2.75) is 6.92 Å². The monoisotopic (exact) mass is 386 g/mol. The van der Waals surface area contributed by atoms with Crippen LogP contribution in [-0.2, 0) is 0 Å². The molecule has 0 fully saturated rings. The summed E-state index contributed by atoms with van der Waals surface area (Å²) in [7, 11) is 1.60. The van der Waals surface area contributed by atoms with Crippen LogP contribution in [0.1, 0.15) is 5.56 Å². The predicted molar refractivity (Wildman–Crippen MR) is 81.9 cm³/mol.